The summed E-state index contributed by atoms with van der Waals surface area (Å²) in [6, 6.07) is 2.67. The molecule has 0 bridgehead atoms. The number of hydrogen-bond acceptors (Lipinski definition) is 6. The number of methoxy groups -OCH3 is 1. The van der Waals surface area contributed by atoms with Gasteiger partial charge in [0.15, 0.2) is 5.82 Å². The first-order valence-electron chi connectivity index (χ1n) is 7.71. The summed E-state index contributed by atoms with van der Waals surface area (Å²) < 4.78 is 5.15. The van der Waals surface area contributed by atoms with Crippen molar-refractivity contribution in [3.63, 3.8) is 0 Å². The third kappa shape index (κ3) is 4.04. The highest BCUT2D eigenvalue weighted by molar-refractivity contribution is 5.49. The van der Waals surface area contributed by atoms with Gasteiger partial charge < -0.3 is 15.0 Å². The Kier molecular flexibility index (Phi) is 5.76. The molecular formula is C15H27N5O. The molecule has 2 heterocycles. The Morgan fingerprint density at radius 2 is 2.00 bits per heavy atom. The summed E-state index contributed by atoms with van der Waals surface area (Å²) in [6.07, 6.45) is 1.20. The number of hydrogen-bond donors (Lipinski definition) is 1. The van der Waals surface area contributed by atoms with Crippen LogP contribution in [0.25, 0.3) is 0 Å². The second kappa shape index (κ2) is 7.56. The average molecular weight is 293 g/mol. The van der Waals surface area contributed by atoms with Gasteiger partial charge in [0, 0.05) is 52.4 Å². The van der Waals surface area contributed by atoms with Gasteiger partial charge in [-0.1, -0.05) is 6.92 Å². The molecule has 118 valence electrons. The molecule has 1 aromatic rings. The molecule has 21 heavy (non-hydrogen) atoms. The lowest BCUT2D eigenvalue weighted by Gasteiger charge is -2.38. The van der Waals surface area contributed by atoms with Gasteiger partial charge in [0.1, 0.15) is 18.2 Å². The van der Waals surface area contributed by atoms with Crippen molar-refractivity contribution >= 4 is 11.6 Å². The van der Waals surface area contributed by atoms with Gasteiger partial charge in [0.2, 0.25) is 0 Å². The molecule has 0 radical (unpaired) electrons. The molecule has 1 saturated heterocycles. The summed E-state index contributed by atoms with van der Waals surface area (Å²) in [4.78, 5) is 13.9. The molecule has 1 aliphatic heterocycles. The fourth-order valence-electron chi connectivity index (χ4n) is 2.62. The molecule has 0 aromatic carbocycles. The number of piperazine rings is 1. The van der Waals surface area contributed by atoms with Gasteiger partial charge in [-0.3, -0.25) is 4.90 Å². The molecule has 6 nitrogen and oxygen atoms in total. The van der Waals surface area contributed by atoms with Crippen molar-refractivity contribution in [1.29, 1.82) is 0 Å². The predicted octanol–water partition coefficient (Wildman–Crippen LogP) is 1.59. The van der Waals surface area contributed by atoms with E-state index >= 15 is 0 Å². The largest absolute Gasteiger partial charge is 0.377 e. The van der Waals surface area contributed by atoms with Gasteiger partial charge in [-0.2, -0.15) is 0 Å². The molecule has 0 aliphatic carbocycles. The fourth-order valence-corrected chi connectivity index (χ4v) is 2.62. The lowest BCUT2D eigenvalue weighted by atomic mass is 10.2. The number of aromatic nitrogens is 2. The van der Waals surface area contributed by atoms with E-state index in [4.69, 9.17) is 4.74 Å². The van der Waals surface area contributed by atoms with E-state index in [-0.39, 0.29) is 0 Å². The number of ether oxygens (including phenoxy) is 1. The summed E-state index contributed by atoms with van der Waals surface area (Å²) in [5, 5.41) is 3.10. The van der Waals surface area contributed by atoms with Crippen LogP contribution in [0.5, 0.6) is 0 Å². The summed E-state index contributed by atoms with van der Waals surface area (Å²) in [5.74, 6) is 2.56. The minimum atomic E-state index is 0.440. The normalized spacial score (nSPS) is 17.8. The van der Waals surface area contributed by atoms with Crippen LogP contribution in [-0.4, -0.2) is 61.2 Å². The Hall–Kier alpha value is -1.40. The molecule has 1 unspecified atom stereocenters. The number of anilines is 2. The van der Waals surface area contributed by atoms with Crippen LogP contribution in [0.2, 0.25) is 0 Å². The monoisotopic (exact) mass is 293 g/mol. The van der Waals surface area contributed by atoms with Crippen LogP contribution in [0.15, 0.2) is 6.07 Å². The standard InChI is InChI=1S/C15H27N5O/c1-5-12(2)19-6-8-20(9-7-19)15-10-13(16-3)17-14(18-15)11-21-4/h10,12H,5-9,11H2,1-4H3,(H,16,17,18). The smallest absolute Gasteiger partial charge is 0.158 e. The molecule has 1 N–H and O–H groups in total. The SMILES string of the molecule is CCC(C)N1CCN(c2cc(NC)nc(COC)n2)CC1. The molecule has 1 atom stereocenters. The van der Waals surface area contributed by atoms with E-state index in [0.29, 0.717) is 12.6 Å². The molecule has 1 aliphatic rings. The van der Waals surface area contributed by atoms with E-state index in [1.807, 2.05) is 13.1 Å². The van der Waals surface area contributed by atoms with Gasteiger partial charge in [-0.05, 0) is 13.3 Å². The second-order valence-electron chi connectivity index (χ2n) is 5.49. The highest BCUT2D eigenvalue weighted by atomic mass is 16.5. The number of nitrogens with one attached hydrogen (secondary N) is 1. The van der Waals surface area contributed by atoms with E-state index in [0.717, 1.165) is 43.6 Å². The summed E-state index contributed by atoms with van der Waals surface area (Å²) in [7, 11) is 3.55. The van der Waals surface area contributed by atoms with E-state index in [1.54, 1.807) is 7.11 Å². The minimum absolute atomic E-state index is 0.440. The summed E-state index contributed by atoms with van der Waals surface area (Å²) in [6.45, 7) is 9.19. The van der Waals surface area contributed by atoms with Crippen molar-refractivity contribution in [3.8, 4) is 0 Å². The molecule has 0 saturated carbocycles. The molecule has 0 amide bonds. The molecule has 1 fully saturated rings. The van der Waals surface area contributed by atoms with Crippen LogP contribution >= 0.6 is 0 Å². The Bertz CT molecular complexity index is 446. The van der Waals surface area contributed by atoms with Crippen LogP contribution in [-0.2, 0) is 11.3 Å². The predicted molar refractivity (Wildman–Crippen MR) is 85.8 cm³/mol. The molecule has 0 spiro atoms. The molecule has 6 heteroatoms. The Morgan fingerprint density at radius 1 is 1.29 bits per heavy atom. The quantitative estimate of drug-likeness (QED) is 0.859. The molecule has 2 rings (SSSR count). The van der Waals surface area contributed by atoms with E-state index < -0.39 is 0 Å². The van der Waals surface area contributed by atoms with Gasteiger partial charge in [-0.25, -0.2) is 9.97 Å². The molecule has 1 aromatic heterocycles. The highest BCUT2D eigenvalue weighted by Gasteiger charge is 2.21. The topological polar surface area (TPSA) is 53.5 Å². The Balaban J connectivity index is 2.07. The number of nitrogens with zero attached hydrogens (tertiary/aromatic N) is 4. The molecular weight excluding hydrogens is 266 g/mol. The third-order valence-corrected chi connectivity index (χ3v) is 4.14. The highest BCUT2D eigenvalue weighted by Crippen LogP contribution is 2.19. The fraction of sp³-hybridized carbons (Fsp3) is 0.733. The average Bonchev–Trinajstić information content (AvgIpc) is 2.54. The van der Waals surface area contributed by atoms with Crippen molar-refractivity contribution in [2.75, 3.05) is 50.6 Å². The van der Waals surface area contributed by atoms with Crippen LogP contribution < -0.4 is 10.2 Å². The van der Waals surface area contributed by atoms with Gasteiger partial charge in [-0.15, -0.1) is 0 Å². The van der Waals surface area contributed by atoms with Gasteiger partial charge >= 0.3 is 0 Å². The Labute approximate surface area is 127 Å². The van der Waals surface area contributed by atoms with Crippen molar-refractivity contribution in [1.82, 2.24) is 14.9 Å². The van der Waals surface area contributed by atoms with Crippen LogP contribution in [0.3, 0.4) is 0 Å². The maximum absolute atomic E-state index is 5.15. The van der Waals surface area contributed by atoms with E-state index in [1.165, 1.54) is 6.42 Å². The van der Waals surface area contributed by atoms with E-state index in [2.05, 4.69) is 38.9 Å². The maximum atomic E-state index is 5.15. The maximum Gasteiger partial charge on any atom is 0.158 e. The van der Waals surface area contributed by atoms with Crippen LogP contribution in [0.4, 0.5) is 11.6 Å². The van der Waals surface area contributed by atoms with Crippen molar-refractivity contribution in [2.45, 2.75) is 32.9 Å². The minimum Gasteiger partial charge on any atom is -0.377 e. The Morgan fingerprint density at radius 3 is 2.57 bits per heavy atom. The van der Waals surface area contributed by atoms with Crippen molar-refractivity contribution in [3.05, 3.63) is 11.9 Å². The lowest BCUT2D eigenvalue weighted by molar-refractivity contribution is 0.177. The summed E-state index contributed by atoms with van der Waals surface area (Å²) in [5.41, 5.74) is 0. The van der Waals surface area contributed by atoms with Crippen LogP contribution in [0, 0.1) is 0 Å². The zero-order valence-corrected chi connectivity index (χ0v) is 13.6. The van der Waals surface area contributed by atoms with Crippen LogP contribution in [0.1, 0.15) is 26.1 Å². The first-order valence-corrected chi connectivity index (χ1v) is 7.71. The van der Waals surface area contributed by atoms with E-state index in [9.17, 15) is 0 Å². The van der Waals surface area contributed by atoms with Crippen molar-refractivity contribution in [2.24, 2.45) is 0 Å². The van der Waals surface area contributed by atoms with Gasteiger partial charge in [0.05, 0.1) is 0 Å². The lowest BCUT2D eigenvalue weighted by Crippen LogP contribution is -2.49. The van der Waals surface area contributed by atoms with Gasteiger partial charge in [0.25, 0.3) is 0 Å². The second-order valence-corrected chi connectivity index (χ2v) is 5.49. The zero-order valence-electron chi connectivity index (χ0n) is 13.6. The first-order chi connectivity index (χ1) is 10.2. The van der Waals surface area contributed by atoms with Crippen molar-refractivity contribution < 1.29 is 4.74 Å². The first kappa shape index (κ1) is 16.0. The summed E-state index contributed by atoms with van der Waals surface area (Å²) >= 11 is 0. The number of rotatable bonds is 6. The third-order valence-electron chi connectivity index (χ3n) is 4.14. The zero-order chi connectivity index (χ0) is 15.2.